The Labute approximate surface area is 358 Å². The molecule has 2 bridgehead atoms. The van der Waals surface area contributed by atoms with Crippen molar-refractivity contribution in [2.45, 2.75) is 81.9 Å². The molecule has 1 unspecified atom stereocenters. The lowest BCUT2D eigenvalue weighted by atomic mass is 9.97. The first-order valence-electron chi connectivity index (χ1n) is 21.1. The van der Waals surface area contributed by atoms with Crippen LogP contribution in [0.2, 0.25) is 0 Å². The van der Waals surface area contributed by atoms with Crippen LogP contribution in [0.3, 0.4) is 0 Å². The van der Waals surface area contributed by atoms with E-state index in [1.54, 1.807) is 25.2 Å². The van der Waals surface area contributed by atoms with Crippen molar-refractivity contribution in [3.63, 3.8) is 0 Å². The van der Waals surface area contributed by atoms with Crippen LogP contribution in [0, 0.1) is 0 Å². The number of halogens is 3. The largest absolute Gasteiger partial charge is 0.453 e. The van der Waals surface area contributed by atoms with Gasteiger partial charge in [0.1, 0.15) is 23.7 Å². The summed E-state index contributed by atoms with van der Waals surface area (Å²) < 4.78 is 52.9. The lowest BCUT2D eigenvalue weighted by Crippen LogP contribution is -2.48. The van der Waals surface area contributed by atoms with Gasteiger partial charge >= 0.3 is 12.3 Å². The van der Waals surface area contributed by atoms with Crippen molar-refractivity contribution in [3.8, 4) is 33.6 Å². The van der Waals surface area contributed by atoms with Gasteiger partial charge in [0, 0.05) is 25.3 Å². The molecule has 2 fully saturated rings. The summed E-state index contributed by atoms with van der Waals surface area (Å²) in [6.45, 7) is 1.83. The predicted octanol–water partition coefficient (Wildman–Crippen LogP) is 8.21. The molecule has 13 nitrogen and oxygen atoms in total. The standard InChI is InChI=1S/C46H51F3N8O5/c1-55(2)40(32-10-4-5-11-33(32)46(47,48)49)44(59)57-24-8-13-37(57)41-50-26-35(51-41)30-19-15-28(16-20-30)29-17-21-31(22-18-29)39-36-27-62-25-7-6-12-34(53-45(60)61-3)43(58)56-23-9-14-38(56)42(52-36)54-39/h4-5,10-11,15-22,26,34,37-38,40H,6-9,12-14,23-25,27H2,1-3H3,(H,50,51)(H,52,54)(H,53,60)/t34-,37-,38-,40?/m0/s1. The number of aromatic amines is 2. The molecule has 3 aliphatic heterocycles. The van der Waals surface area contributed by atoms with Gasteiger partial charge in [0.15, 0.2) is 0 Å². The minimum atomic E-state index is -4.60. The second-order valence-electron chi connectivity index (χ2n) is 16.4. The number of amides is 3. The number of hydrogen-bond donors (Lipinski definition) is 3. The van der Waals surface area contributed by atoms with Crippen molar-refractivity contribution in [1.29, 1.82) is 0 Å². The SMILES string of the molecule is COC(=O)N[C@H]1CCCCOCc2[nH]c(nc2-c2ccc(-c3ccc(-c4cnc([C@@H]5CCCN5C(=O)C(c5ccccc5C(F)(F)F)N(C)C)[nH]4)cc3)cc2)[C@@H]2CCCN2C1=O. The van der Waals surface area contributed by atoms with E-state index in [0.717, 1.165) is 64.7 Å². The first-order valence-corrected chi connectivity index (χ1v) is 21.1. The molecule has 2 saturated heterocycles. The molecule has 5 heterocycles. The van der Waals surface area contributed by atoms with Gasteiger partial charge in [-0.15, -0.1) is 0 Å². The smallest absolute Gasteiger partial charge is 0.416 e. The number of carbonyl (C=O) groups is 3. The van der Waals surface area contributed by atoms with E-state index in [1.165, 1.54) is 30.2 Å². The predicted molar refractivity (Wildman–Crippen MR) is 225 cm³/mol. The fourth-order valence-corrected chi connectivity index (χ4v) is 9.04. The number of imidazole rings is 2. The summed E-state index contributed by atoms with van der Waals surface area (Å²) in [7, 11) is 4.53. The molecule has 5 aromatic rings. The number of hydrogen-bond acceptors (Lipinski definition) is 8. The number of methoxy groups -OCH3 is 1. The summed E-state index contributed by atoms with van der Waals surface area (Å²) in [6, 6.07) is 19.0. The Bertz CT molecular complexity index is 2380. The van der Waals surface area contributed by atoms with Crippen molar-refractivity contribution in [1.82, 2.24) is 40.0 Å². The molecule has 0 spiro atoms. The van der Waals surface area contributed by atoms with E-state index in [-0.39, 0.29) is 17.5 Å². The molecule has 3 aliphatic rings. The highest BCUT2D eigenvalue weighted by Crippen LogP contribution is 2.40. The number of benzene rings is 3. The molecule has 3 N–H and O–H groups in total. The van der Waals surface area contributed by atoms with Crippen molar-refractivity contribution in [3.05, 3.63) is 107 Å². The number of nitrogens with one attached hydrogen (secondary N) is 3. The molecule has 0 aliphatic carbocycles. The van der Waals surface area contributed by atoms with E-state index in [0.29, 0.717) is 63.6 Å². The first kappa shape index (κ1) is 42.7. The van der Waals surface area contributed by atoms with Gasteiger partial charge in [-0.25, -0.2) is 14.8 Å². The highest BCUT2D eigenvalue weighted by Gasteiger charge is 2.42. The summed E-state index contributed by atoms with van der Waals surface area (Å²) in [5, 5.41) is 2.73. The third-order valence-electron chi connectivity index (χ3n) is 12.1. The summed E-state index contributed by atoms with van der Waals surface area (Å²) >= 11 is 0. The lowest BCUT2D eigenvalue weighted by Gasteiger charge is -2.32. The van der Waals surface area contributed by atoms with Crippen LogP contribution in [0.5, 0.6) is 0 Å². The summed E-state index contributed by atoms with van der Waals surface area (Å²) in [5.41, 5.74) is 5.29. The van der Waals surface area contributed by atoms with Crippen molar-refractivity contribution in [2.75, 3.05) is 40.9 Å². The minimum Gasteiger partial charge on any atom is -0.453 e. The molecule has 3 aromatic carbocycles. The van der Waals surface area contributed by atoms with Crippen LogP contribution in [0.1, 0.15) is 91.5 Å². The first-order chi connectivity index (χ1) is 29.9. The zero-order valence-electron chi connectivity index (χ0n) is 35.0. The number of fused-ring (bicyclic) bond motifs is 4. The highest BCUT2D eigenvalue weighted by atomic mass is 19.4. The van der Waals surface area contributed by atoms with Crippen LogP contribution < -0.4 is 5.32 Å². The molecular formula is C46H51F3N8O5. The number of rotatable bonds is 8. The Hall–Kier alpha value is -6.00. The number of ether oxygens (including phenoxy) is 2. The Balaban J connectivity index is 0.975. The number of H-pyrrole nitrogens is 2. The summed E-state index contributed by atoms with van der Waals surface area (Å²) in [4.78, 5) is 61.5. The maximum absolute atomic E-state index is 14.1. The number of alkyl carbamates (subject to hydrolysis) is 1. The Kier molecular flexibility index (Phi) is 12.5. The number of likely N-dealkylation sites (N-methyl/N-ethyl adjacent to an activating group) is 1. The van der Waals surface area contributed by atoms with Gasteiger partial charge in [-0.1, -0.05) is 66.7 Å². The van der Waals surface area contributed by atoms with E-state index in [4.69, 9.17) is 14.5 Å². The number of aromatic nitrogens is 4. The Morgan fingerprint density at radius 1 is 0.855 bits per heavy atom. The average molecular weight is 853 g/mol. The summed E-state index contributed by atoms with van der Waals surface area (Å²) in [5.74, 6) is 0.749. The molecular weight excluding hydrogens is 802 g/mol. The van der Waals surface area contributed by atoms with Crippen LogP contribution >= 0.6 is 0 Å². The van der Waals surface area contributed by atoms with Gasteiger partial charge in [0.05, 0.1) is 54.6 Å². The second-order valence-corrected chi connectivity index (χ2v) is 16.4. The normalized spacial score (nSPS) is 20.3. The number of likely N-dealkylation sites (tertiary alicyclic amines) is 1. The lowest BCUT2D eigenvalue weighted by molar-refractivity contribution is -0.142. The zero-order chi connectivity index (χ0) is 43.5. The molecule has 8 rings (SSSR count). The van der Waals surface area contributed by atoms with Crippen molar-refractivity contribution in [2.24, 2.45) is 0 Å². The highest BCUT2D eigenvalue weighted by molar-refractivity contribution is 5.86. The van der Waals surface area contributed by atoms with E-state index < -0.39 is 41.9 Å². The molecule has 62 heavy (non-hydrogen) atoms. The van der Waals surface area contributed by atoms with Gasteiger partial charge in [0.25, 0.3) is 0 Å². The van der Waals surface area contributed by atoms with Crippen LogP contribution in [-0.4, -0.2) is 99.5 Å². The fraction of sp³-hybridized carbons (Fsp3) is 0.413. The van der Waals surface area contributed by atoms with E-state index in [1.807, 2.05) is 53.4 Å². The number of alkyl halides is 3. The Morgan fingerprint density at radius 2 is 1.53 bits per heavy atom. The van der Waals surface area contributed by atoms with Gasteiger partial charge < -0.3 is 34.6 Å². The molecule has 16 heteroatoms. The van der Waals surface area contributed by atoms with Gasteiger partial charge in [0.2, 0.25) is 11.8 Å². The maximum atomic E-state index is 14.1. The molecule has 0 radical (unpaired) electrons. The van der Waals surface area contributed by atoms with E-state index >= 15 is 0 Å². The van der Waals surface area contributed by atoms with Crippen LogP contribution in [-0.2, 0) is 31.8 Å². The monoisotopic (exact) mass is 852 g/mol. The molecule has 3 amide bonds. The fourth-order valence-electron chi connectivity index (χ4n) is 9.04. The second kappa shape index (κ2) is 18.2. The number of carbonyl (C=O) groups excluding carboxylic acids is 3. The van der Waals surface area contributed by atoms with E-state index in [2.05, 4.69) is 20.3 Å². The van der Waals surface area contributed by atoms with Crippen LogP contribution in [0.15, 0.2) is 79.0 Å². The molecule has 326 valence electrons. The quantitative estimate of drug-likeness (QED) is 0.142. The molecule has 4 atom stereocenters. The van der Waals surface area contributed by atoms with Crippen molar-refractivity contribution >= 4 is 17.9 Å². The van der Waals surface area contributed by atoms with Crippen LogP contribution in [0.25, 0.3) is 33.6 Å². The zero-order valence-corrected chi connectivity index (χ0v) is 35.0. The minimum absolute atomic E-state index is 0.0711. The van der Waals surface area contributed by atoms with Crippen LogP contribution in [0.4, 0.5) is 18.0 Å². The summed E-state index contributed by atoms with van der Waals surface area (Å²) in [6.07, 6.45) is 1.34. The third kappa shape index (κ3) is 8.84. The maximum Gasteiger partial charge on any atom is 0.416 e. The van der Waals surface area contributed by atoms with Gasteiger partial charge in [-0.3, -0.25) is 14.5 Å². The molecule has 2 aromatic heterocycles. The van der Waals surface area contributed by atoms with E-state index in [9.17, 15) is 27.6 Å². The molecule has 0 saturated carbocycles. The third-order valence-corrected chi connectivity index (χ3v) is 12.1. The van der Waals surface area contributed by atoms with Crippen molar-refractivity contribution < 1.29 is 37.0 Å². The Morgan fingerprint density at radius 3 is 2.24 bits per heavy atom. The topological polar surface area (TPSA) is 149 Å². The van der Waals surface area contributed by atoms with Gasteiger partial charge in [-0.05, 0) is 87.4 Å². The van der Waals surface area contributed by atoms with Gasteiger partial charge in [-0.2, -0.15) is 13.2 Å². The number of nitrogens with zero attached hydrogens (tertiary/aromatic N) is 5. The average Bonchev–Trinajstić information content (AvgIpc) is 4.11.